The predicted octanol–water partition coefficient (Wildman–Crippen LogP) is 3.51. The molecule has 1 aliphatic heterocycles. The molecular weight excluding hydrogens is 368 g/mol. The fourth-order valence-electron chi connectivity index (χ4n) is 3.18. The zero-order valence-electron chi connectivity index (χ0n) is 16.2. The summed E-state index contributed by atoms with van der Waals surface area (Å²) in [4.78, 5) is 23.7. The van der Waals surface area contributed by atoms with Gasteiger partial charge in [0, 0.05) is 24.7 Å². The Balaban J connectivity index is 1.74. The van der Waals surface area contributed by atoms with Crippen LogP contribution in [0.2, 0.25) is 0 Å². The Hall–Kier alpha value is -3.45. The Morgan fingerprint density at radius 2 is 1.76 bits per heavy atom. The van der Waals surface area contributed by atoms with E-state index in [4.69, 9.17) is 19.4 Å². The lowest BCUT2D eigenvalue weighted by Gasteiger charge is -2.27. The van der Waals surface area contributed by atoms with Gasteiger partial charge < -0.3 is 19.7 Å². The van der Waals surface area contributed by atoms with Crippen molar-refractivity contribution in [1.29, 1.82) is 0 Å². The number of para-hydroxylation sites is 1. The van der Waals surface area contributed by atoms with Crippen molar-refractivity contribution in [3.8, 4) is 11.3 Å². The van der Waals surface area contributed by atoms with Crippen LogP contribution in [0.3, 0.4) is 0 Å². The lowest BCUT2D eigenvalue weighted by molar-refractivity contribution is 0.0602. The second-order valence-corrected chi connectivity index (χ2v) is 6.57. The molecule has 0 spiro atoms. The van der Waals surface area contributed by atoms with Crippen LogP contribution in [0.25, 0.3) is 11.3 Å². The van der Waals surface area contributed by atoms with Crippen LogP contribution in [0.4, 0.5) is 17.5 Å². The van der Waals surface area contributed by atoms with Gasteiger partial charge in [-0.05, 0) is 12.1 Å². The summed E-state index contributed by atoms with van der Waals surface area (Å²) in [7, 11) is 1.37. The summed E-state index contributed by atoms with van der Waals surface area (Å²) in [6.45, 7) is 2.76. The number of carbonyl (C=O) groups excluding carboxylic acids is 1. The number of nitrogens with zero attached hydrogens (tertiary/aromatic N) is 3. The van der Waals surface area contributed by atoms with E-state index in [2.05, 4.69) is 10.2 Å². The number of anilines is 3. The molecule has 0 aliphatic carbocycles. The average Bonchev–Trinajstić information content (AvgIpc) is 2.80. The molecule has 148 valence electrons. The van der Waals surface area contributed by atoms with Crippen LogP contribution in [-0.2, 0) is 9.47 Å². The van der Waals surface area contributed by atoms with Crippen LogP contribution >= 0.6 is 0 Å². The van der Waals surface area contributed by atoms with Crippen molar-refractivity contribution < 1.29 is 14.3 Å². The maximum Gasteiger partial charge on any atom is 0.339 e. The quantitative estimate of drug-likeness (QED) is 0.668. The van der Waals surface area contributed by atoms with Crippen molar-refractivity contribution in [2.75, 3.05) is 43.6 Å². The number of morpholine rings is 1. The van der Waals surface area contributed by atoms with Crippen molar-refractivity contribution >= 4 is 23.4 Å². The Labute approximate surface area is 169 Å². The molecule has 1 saturated heterocycles. The first kappa shape index (κ1) is 18.9. The van der Waals surface area contributed by atoms with E-state index in [0.29, 0.717) is 36.2 Å². The topological polar surface area (TPSA) is 76.6 Å². The van der Waals surface area contributed by atoms with E-state index in [1.165, 1.54) is 7.11 Å². The van der Waals surface area contributed by atoms with E-state index in [-0.39, 0.29) is 0 Å². The molecule has 1 N–H and O–H groups in total. The van der Waals surface area contributed by atoms with Gasteiger partial charge in [0.05, 0.1) is 37.3 Å². The van der Waals surface area contributed by atoms with E-state index in [9.17, 15) is 4.79 Å². The normalized spacial score (nSPS) is 13.8. The Kier molecular flexibility index (Phi) is 5.67. The second kappa shape index (κ2) is 8.70. The number of aromatic nitrogens is 2. The van der Waals surface area contributed by atoms with Gasteiger partial charge >= 0.3 is 5.97 Å². The summed E-state index contributed by atoms with van der Waals surface area (Å²) in [6, 6.07) is 19.0. The average molecular weight is 390 g/mol. The largest absolute Gasteiger partial charge is 0.465 e. The molecule has 1 aromatic heterocycles. The SMILES string of the molecule is COC(=O)c1ccccc1Nc1cc(-c2ccccc2)nc(N2CCOCC2)n1. The summed E-state index contributed by atoms with van der Waals surface area (Å²) in [5.74, 6) is 0.836. The first-order valence-corrected chi connectivity index (χ1v) is 9.46. The Morgan fingerprint density at radius 3 is 2.52 bits per heavy atom. The van der Waals surface area contributed by atoms with Gasteiger partial charge in [0.1, 0.15) is 5.82 Å². The Bertz CT molecular complexity index is 988. The molecule has 0 saturated carbocycles. The van der Waals surface area contributed by atoms with Crippen LogP contribution < -0.4 is 10.2 Å². The highest BCUT2D eigenvalue weighted by Crippen LogP contribution is 2.27. The fourth-order valence-corrected chi connectivity index (χ4v) is 3.18. The summed E-state index contributed by atoms with van der Waals surface area (Å²) < 4.78 is 10.3. The monoisotopic (exact) mass is 390 g/mol. The Morgan fingerprint density at radius 1 is 1.03 bits per heavy atom. The van der Waals surface area contributed by atoms with Crippen LogP contribution in [0.5, 0.6) is 0 Å². The lowest BCUT2D eigenvalue weighted by atomic mass is 10.1. The van der Waals surface area contributed by atoms with Gasteiger partial charge in [-0.3, -0.25) is 0 Å². The molecule has 29 heavy (non-hydrogen) atoms. The standard InChI is InChI=1S/C22H22N4O3/c1-28-21(27)17-9-5-6-10-18(17)23-20-15-19(16-7-3-2-4-8-16)24-22(25-20)26-11-13-29-14-12-26/h2-10,15H,11-14H2,1H3,(H,23,24,25). The van der Waals surface area contributed by atoms with Crippen molar-refractivity contribution in [3.63, 3.8) is 0 Å². The highest BCUT2D eigenvalue weighted by molar-refractivity contribution is 5.96. The lowest BCUT2D eigenvalue weighted by Crippen LogP contribution is -2.37. The maximum absolute atomic E-state index is 12.1. The first-order valence-electron chi connectivity index (χ1n) is 9.46. The molecule has 0 radical (unpaired) electrons. The minimum atomic E-state index is -0.404. The van der Waals surface area contributed by atoms with E-state index >= 15 is 0 Å². The minimum absolute atomic E-state index is 0.404. The van der Waals surface area contributed by atoms with Gasteiger partial charge in [0.25, 0.3) is 0 Å². The van der Waals surface area contributed by atoms with E-state index in [0.717, 1.165) is 24.3 Å². The molecule has 0 bridgehead atoms. The van der Waals surface area contributed by atoms with Crippen molar-refractivity contribution in [3.05, 3.63) is 66.2 Å². The van der Waals surface area contributed by atoms with Crippen molar-refractivity contribution in [2.45, 2.75) is 0 Å². The van der Waals surface area contributed by atoms with Gasteiger partial charge in [-0.25, -0.2) is 9.78 Å². The van der Waals surface area contributed by atoms with Gasteiger partial charge in [0.15, 0.2) is 0 Å². The van der Waals surface area contributed by atoms with Crippen LogP contribution in [0.1, 0.15) is 10.4 Å². The molecule has 0 amide bonds. The summed E-state index contributed by atoms with van der Waals surface area (Å²) >= 11 is 0. The van der Waals surface area contributed by atoms with E-state index in [1.807, 2.05) is 48.5 Å². The highest BCUT2D eigenvalue weighted by Gasteiger charge is 2.18. The first-order chi connectivity index (χ1) is 14.2. The van der Waals surface area contributed by atoms with E-state index < -0.39 is 5.97 Å². The summed E-state index contributed by atoms with van der Waals surface area (Å²) in [5.41, 5.74) is 2.88. The summed E-state index contributed by atoms with van der Waals surface area (Å²) in [5, 5.41) is 3.27. The number of nitrogens with one attached hydrogen (secondary N) is 1. The smallest absolute Gasteiger partial charge is 0.339 e. The molecule has 0 atom stereocenters. The molecule has 2 aromatic carbocycles. The number of methoxy groups -OCH3 is 1. The third kappa shape index (κ3) is 4.35. The third-order valence-corrected chi connectivity index (χ3v) is 4.67. The summed E-state index contributed by atoms with van der Waals surface area (Å²) in [6.07, 6.45) is 0. The molecule has 1 aliphatic rings. The highest BCUT2D eigenvalue weighted by atomic mass is 16.5. The number of hydrogen-bond acceptors (Lipinski definition) is 7. The molecule has 4 rings (SSSR count). The molecular formula is C22H22N4O3. The molecule has 7 nitrogen and oxygen atoms in total. The number of benzene rings is 2. The van der Waals surface area contributed by atoms with E-state index in [1.54, 1.807) is 12.1 Å². The minimum Gasteiger partial charge on any atom is -0.465 e. The molecule has 7 heteroatoms. The molecule has 1 fully saturated rings. The second-order valence-electron chi connectivity index (χ2n) is 6.57. The number of carbonyl (C=O) groups is 1. The number of ether oxygens (including phenoxy) is 2. The predicted molar refractivity (Wildman–Crippen MR) is 112 cm³/mol. The molecule has 3 aromatic rings. The van der Waals surface area contributed by atoms with Gasteiger partial charge in [0.2, 0.25) is 5.95 Å². The zero-order valence-corrected chi connectivity index (χ0v) is 16.2. The zero-order chi connectivity index (χ0) is 20.1. The van der Waals surface area contributed by atoms with Crippen LogP contribution in [0, 0.1) is 0 Å². The van der Waals surface area contributed by atoms with Crippen molar-refractivity contribution in [2.24, 2.45) is 0 Å². The number of hydrogen-bond donors (Lipinski definition) is 1. The van der Waals surface area contributed by atoms with Crippen molar-refractivity contribution in [1.82, 2.24) is 9.97 Å². The number of rotatable bonds is 5. The van der Waals surface area contributed by atoms with Gasteiger partial charge in [-0.2, -0.15) is 4.98 Å². The fraction of sp³-hybridized carbons (Fsp3) is 0.227. The maximum atomic E-state index is 12.1. The number of esters is 1. The van der Waals surface area contributed by atoms with Gasteiger partial charge in [-0.1, -0.05) is 42.5 Å². The molecule has 0 unspecified atom stereocenters. The van der Waals surface area contributed by atoms with Crippen LogP contribution in [-0.4, -0.2) is 49.4 Å². The third-order valence-electron chi connectivity index (χ3n) is 4.67. The molecule has 2 heterocycles. The van der Waals surface area contributed by atoms with Crippen LogP contribution in [0.15, 0.2) is 60.7 Å². The van der Waals surface area contributed by atoms with Gasteiger partial charge in [-0.15, -0.1) is 0 Å².